The molecule has 0 aliphatic rings. The molecule has 15 heavy (non-hydrogen) atoms. The minimum absolute atomic E-state index is 0.0597. The monoisotopic (exact) mass is 227 g/mol. The highest BCUT2D eigenvalue weighted by Crippen LogP contribution is 2.19. The molecule has 1 aromatic rings. The van der Waals surface area contributed by atoms with E-state index in [1.54, 1.807) is 11.8 Å². The lowest BCUT2D eigenvalue weighted by molar-refractivity contribution is 0.318. The van der Waals surface area contributed by atoms with E-state index in [0.717, 1.165) is 4.90 Å². The minimum Gasteiger partial charge on any atom is -0.487 e. The van der Waals surface area contributed by atoms with Gasteiger partial charge in [0.05, 0.1) is 0 Å². The molecule has 0 unspecified atom stereocenters. The molecule has 0 saturated carbocycles. The maximum absolute atomic E-state index is 12.9. The normalized spacial score (nSPS) is 11.5. The highest BCUT2D eigenvalue weighted by Gasteiger charge is 1.97. The fraction of sp³-hybridized carbons (Fsp3) is 0.273. The topological polar surface area (TPSA) is 35.2 Å². The number of hydrogen-bond acceptors (Lipinski definition) is 3. The molecule has 2 nitrogen and oxygen atoms in total. The molecule has 2 N–H and O–H groups in total. The summed E-state index contributed by atoms with van der Waals surface area (Å²) >= 11 is 1.65. The number of rotatable bonds is 5. The van der Waals surface area contributed by atoms with Crippen molar-refractivity contribution in [3.05, 3.63) is 36.2 Å². The molecule has 0 bridgehead atoms. The number of halogens is 1. The van der Waals surface area contributed by atoms with E-state index in [4.69, 9.17) is 10.5 Å². The van der Waals surface area contributed by atoms with Crippen LogP contribution in [-0.2, 0) is 0 Å². The molecule has 0 aliphatic heterocycles. The molecule has 4 heteroatoms. The Morgan fingerprint density at radius 3 is 2.67 bits per heavy atom. The lowest BCUT2D eigenvalue weighted by Gasteiger charge is -2.04. The first-order valence-electron chi connectivity index (χ1n) is 4.57. The van der Waals surface area contributed by atoms with E-state index in [9.17, 15) is 4.39 Å². The van der Waals surface area contributed by atoms with Crippen molar-refractivity contribution in [3.63, 3.8) is 0 Å². The van der Waals surface area contributed by atoms with E-state index < -0.39 is 0 Å². The Bertz CT molecular complexity index is 324. The van der Waals surface area contributed by atoms with Crippen LogP contribution in [-0.4, -0.2) is 19.4 Å². The van der Waals surface area contributed by atoms with Gasteiger partial charge in [-0.05, 0) is 36.6 Å². The van der Waals surface area contributed by atoms with Crippen molar-refractivity contribution in [1.29, 1.82) is 0 Å². The molecule has 0 atom stereocenters. The number of benzene rings is 1. The molecule has 0 aliphatic carbocycles. The third-order valence-electron chi connectivity index (χ3n) is 1.78. The summed E-state index contributed by atoms with van der Waals surface area (Å²) in [6.45, 7) is 0.135. The molecule has 0 fully saturated rings. The molecule has 1 aromatic carbocycles. The third-order valence-corrected chi connectivity index (χ3v) is 2.52. The largest absolute Gasteiger partial charge is 0.487 e. The first-order chi connectivity index (χ1) is 7.26. The molecule has 0 amide bonds. The highest BCUT2D eigenvalue weighted by atomic mass is 32.2. The minimum atomic E-state index is -0.341. The van der Waals surface area contributed by atoms with E-state index in [1.807, 2.05) is 30.5 Å². The summed E-state index contributed by atoms with van der Waals surface area (Å²) in [5.74, 6) is 0.319. The van der Waals surface area contributed by atoms with E-state index in [-0.39, 0.29) is 19.0 Å². The Balaban J connectivity index is 2.47. The van der Waals surface area contributed by atoms with E-state index in [0.29, 0.717) is 5.75 Å². The third kappa shape index (κ3) is 4.36. The molecule has 0 aromatic heterocycles. The van der Waals surface area contributed by atoms with Gasteiger partial charge < -0.3 is 10.5 Å². The Labute approximate surface area is 93.3 Å². The second-order valence-electron chi connectivity index (χ2n) is 2.85. The Morgan fingerprint density at radius 1 is 1.47 bits per heavy atom. The second-order valence-corrected chi connectivity index (χ2v) is 3.73. The zero-order valence-electron chi connectivity index (χ0n) is 8.57. The van der Waals surface area contributed by atoms with Crippen molar-refractivity contribution in [3.8, 4) is 5.75 Å². The summed E-state index contributed by atoms with van der Waals surface area (Å²) in [7, 11) is 0. The first kappa shape index (κ1) is 12.1. The lowest BCUT2D eigenvalue weighted by atomic mass is 10.3. The molecular weight excluding hydrogens is 213 g/mol. The Hall–Kier alpha value is -1.00. The maximum atomic E-state index is 12.9. The zero-order chi connectivity index (χ0) is 11.1. The van der Waals surface area contributed by atoms with Crippen molar-refractivity contribution in [1.82, 2.24) is 0 Å². The van der Waals surface area contributed by atoms with Gasteiger partial charge >= 0.3 is 0 Å². The SMILES string of the molecule is CSc1ccc(OC/C(F)=C/CN)cc1. The molecule has 82 valence electrons. The molecule has 0 heterocycles. The first-order valence-corrected chi connectivity index (χ1v) is 5.80. The van der Waals surface area contributed by atoms with E-state index in [2.05, 4.69) is 0 Å². The predicted molar refractivity (Wildman–Crippen MR) is 62.0 cm³/mol. The molecule has 0 saturated heterocycles. The number of nitrogens with two attached hydrogens (primary N) is 1. The van der Waals surface area contributed by atoms with Gasteiger partial charge in [0.15, 0.2) is 0 Å². The predicted octanol–water partition coefficient (Wildman–Crippen LogP) is 2.60. The van der Waals surface area contributed by atoms with Crippen LogP contribution in [0.4, 0.5) is 4.39 Å². The van der Waals surface area contributed by atoms with E-state index in [1.165, 1.54) is 6.08 Å². The lowest BCUT2D eigenvalue weighted by Crippen LogP contribution is -2.01. The van der Waals surface area contributed by atoms with Gasteiger partial charge in [-0.3, -0.25) is 0 Å². The van der Waals surface area contributed by atoms with Crippen molar-refractivity contribution >= 4 is 11.8 Å². The fourth-order valence-corrected chi connectivity index (χ4v) is 1.42. The summed E-state index contributed by atoms with van der Waals surface area (Å²) in [5, 5.41) is 0. The molecule has 0 spiro atoms. The van der Waals surface area contributed by atoms with Gasteiger partial charge in [0.1, 0.15) is 18.2 Å². The summed E-state index contributed by atoms with van der Waals surface area (Å²) in [4.78, 5) is 1.15. The Kier molecular flexibility index (Phi) is 5.21. The van der Waals surface area contributed by atoms with Crippen LogP contribution in [0.1, 0.15) is 0 Å². The van der Waals surface area contributed by atoms with Crippen LogP contribution in [0, 0.1) is 0 Å². The molecule has 0 radical (unpaired) electrons. The maximum Gasteiger partial charge on any atom is 0.139 e. The van der Waals surface area contributed by atoms with Gasteiger partial charge in [-0.25, -0.2) is 4.39 Å². The van der Waals surface area contributed by atoms with Crippen LogP contribution in [0.25, 0.3) is 0 Å². The number of ether oxygens (including phenoxy) is 1. The van der Waals surface area contributed by atoms with Crippen LogP contribution in [0.15, 0.2) is 41.1 Å². The van der Waals surface area contributed by atoms with Crippen molar-refractivity contribution in [2.75, 3.05) is 19.4 Å². The summed E-state index contributed by atoms with van der Waals surface area (Å²) in [5.41, 5.74) is 5.16. The smallest absolute Gasteiger partial charge is 0.139 e. The van der Waals surface area contributed by atoms with Crippen molar-refractivity contribution in [2.45, 2.75) is 4.90 Å². The van der Waals surface area contributed by atoms with E-state index >= 15 is 0 Å². The van der Waals surface area contributed by atoms with Gasteiger partial charge in [0, 0.05) is 11.4 Å². The summed E-state index contributed by atoms with van der Waals surface area (Å²) in [6, 6.07) is 7.51. The summed E-state index contributed by atoms with van der Waals surface area (Å²) in [6.07, 6.45) is 3.30. The van der Waals surface area contributed by atoms with Gasteiger partial charge in [-0.1, -0.05) is 0 Å². The number of hydrogen-bond donors (Lipinski definition) is 1. The van der Waals surface area contributed by atoms with Gasteiger partial charge in [0.2, 0.25) is 0 Å². The Morgan fingerprint density at radius 2 is 2.13 bits per heavy atom. The molecular formula is C11H14FNOS. The van der Waals surface area contributed by atoms with Crippen molar-refractivity contribution < 1.29 is 9.13 Å². The van der Waals surface area contributed by atoms with Crippen LogP contribution >= 0.6 is 11.8 Å². The highest BCUT2D eigenvalue weighted by molar-refractivity contribution is 7.98. The average Bonchev–Trinajstić information content (AvgIpc) is 2.27. The summed E-state index contributed by atoms with van der Waals surface area (Å²) < 4.78 is 18.1. The van der Waals surface area contributed by atoms with Gasteiger partial charge in [0.25, 0.3) is 0 Å². The standard InChI is InChI=1S/C11H14FNOS/c1-15-11-4-2-10(3-5-11)14-8-9(12)6-7-13/h2-6H,7-8,13H2,1H3/b9-6-. The fourth-order valence-electron chi connectivity index (χ4n) is 1.01. The zero-order valence-corrected chi connectivity index (χ0v) is 9.39. The quantitative estimate of drug-likeness (QED) is 0.785. The van der Waals surface area contributed by atoms with Crippen LogP contribution in [0.3, 0.4) is 0 Å². The average molecular weight is 227 g/mol. The van der Waals surface area contributed by atoms with Crippen LogP contribution in [0.2, 0.25) is 0 Å². The number of thioether (sulfide) groups is 1. The second kappa shape index (κ2) is 6.48. The molecule has 1 rings (SSSR count). The van der Waals surface area contributed by atoms with Crippen LogP contribution < -0.4 is 10.5 Å². The van der Waals surface area contributed by atoms with Crippen LogP contribution in [0.5, 0.6) is 5.75 Å². The van der Waals surface area contributed by atoms with Gasteiger partial charge in [-0.15, -0.1) is 11.8 Å². The van der Waals surface area contributed by atoms with Gasteiger partial charge in [-0.2, -0.15) is 0 Å². The van der Waals surface area contributed by atoms with Crippen molar-refractivity contribution in [2.24, 2.45) is 5.73 Å².